The van der Waals surface area contributed by atoms with E-state index in [1.54, 1.807) is 6.07 Å². The zero-order valence-electron chi connectivity index (χ0n) is 15.9. The van der Waals surface area contributed by atoms with Crippen LogP contribution in [0, 0.1) is 0 Å². The minimum absolute atomic E-state index is 0.0953. The molecule has 5 nitrogen and oxygen atoms in total. The number of alkyl halides is 3. The van der Waals surface area contributed by atoms with Crippen molar-refractivity contribution in [2.45, 2.75) is 30.3 Å². The van der Waals surface area contributed by atoms with Gasteiger partial charge in [0.15, 0.2) is 6.29 Å². The molecule has 0 aliphatic carbocycles. The van der Waals surface area contributed by atoms with E-state index in [2.05, 4.69) is 4.98 Å². The van der Waals surface area contributed by atoms with E-state index in [9.17, 15) is 26.4 Å². The minimum atomic E-state index is -4.45. The van der Waals surface area contributed by atoms with Crippen LogP contribution in [0.1, 0.15) is 35.2 Å². The van der Waals surface area contributed by atoms with Crippen molar-refractivity contribution in [1.82, 2.24) is 9.29 Å². The average Bonchev–Trinajstić information content (AvgIpc) is 3.11. The van der Waals surface area contributed by atoms with Crippen LogP contribution in [-0.2, 0) is 16.2 Å². The Morgan fingerprint density at radius 3 is 2.23 bits per heavy atom. The van der Waals surface area contributed by atoms with Gasteiger partial charge in [-0.05, 0) is 48.7 Å². The highest BCUT2D eigenvalue weighted by atomic mass is 32.2. The number of benzene rings is 2. The topological polar surface area (TPSA) is 70.2 Å². The SMILES string of the molecule is O=Cc1c(-c2ccc(C(F)(F)F)cc2)[nH]c2ccc(S(=O)(=O)N3CCCCC3)cc12. The number of halogens is 3. The van der Waals surface area contributed by atoms with E-state index in [0.29, 0.717) is 41.5 Å². The summed E-state index contributed by atoms with van der Waals surface area (Å²) in [4.78, 5) is 14.9. The smallest absolute Gasteiger partial charge is 0.354 e. The van der Waals surface area contributed by atoms with Gasteiger partial charge < -0.3 is 4.98 Å². The number of fused-ring (bicyclic) bond motifs is 1. The second kappa shape index (κ2) is 7.55. The number of hydrogen-bond donors (Lipinski definition) is 1. The molecule has 1 aromatic heterocycles. The number of aldehydes is 1. The van der Waals surface area contributed by atoms with Crippen molar-refractivity contribution >= 4 is 27.2 Å². The molecule has 0 radical (unpaired) electrons. The second-order valence-corrected chi connectivity index (χ2v) is 9.22. The Hall–Kier alpha value is -2.65. The lowest BCUT2D eigenvalue weighted by Crippen LogP contribution is -2.35. The fraction of sp³-hybridized carbons (Fsp3) is 0.286. The molecule has 0 unspecified atom stereocenters. The third kappa shape index (κ3) is 3.63. The first-order chi connectivity index (χ1) is 14.2. The molecule has 3 aromatic rings. The number of hydrogen-bond acceptors (Lipinski definition) is 3. The highest BCUT2D eigenvalue weighted by Gasteiger charge is 2.30. The van der Waals surface area contributed by atoms with E-state index < -0.39 is 21.8 Å². The Balaban J connectivity index is 1.78. The maximum Gasteiger partial charge on any atom is 0.416 e. The molecule has 0 amide bonds. The first kappa shape index (κ1) is 20.6. The van der Waals surface area contributed by atoms with Crippen molar-refractivity contribution in [2.75, 3.05) is 13.1 Å². The number of aromatic amines is 1. The fourth-order valence-corrected chi connectivity index (χ4v) is 5.33. The summed E-state index contributed by atoms with van der Waals surface area (Å²) in [5.74, 6) is 0. The highest BCUT2D eigenvalue weighted by Crippen LogP contribution is 2.34. The van der Waals surface area contributed by atoms with E-state index >= 15 is 0 Å². The summed E-state index contributed by atoms with van der Waals surface area (Å²) in [6.07, 6.45) is -1.26. The van der Waals surface area contributed by atoms with Crippen molar-refractivity contribution in [3.63, 3.8) is 0 Å². The fourth-order valence-electron chi connectivity index (χ4n) is 3.78. The predicted octanol–water partition coefficient (Wildman–Crippen LogP) is 4.84. The number of sulfonamides is 1. The van der Waals surface area contributed by atoms with Crippen LogP contribution < -0.4 is 0 Å². The number of piperidine rings is 1. The predicted molar refractivity (Wildman–Crippen MR) is 107 cm³/mol. The maximum absolute atomic E-state index is 13.0. The molecule has 1 aliphatic rings. The first-order valence-electron chi connectivity index (χ1n) is 9.50. The van der Waals surface area contributed by atoms with Crippen LogP contribution in [0.2, 0.25) is 0 Å². The third-order valence-electron chi connectivity index (χ3n) is 5.38. The molecular weight excluding hydrogens is 417 g/mol. The van der Waals surface area contributed by atoms with Gasteiger partial charge in [-0.2, -0.15) is 17.5 Å². The van der Waals surface area contributed by atoms with E-state index in [0.717, 1.165) is 31.4 Å². The van der Waals surface area contributed by atoms with Gasteiger partial charge in [-0.25, -0.2) is 8.42 Å². The van der Waals surface area contributed by atoms with Gasteiger partial charge >= 0.3 is 6.18 Å². The van der Waals surface area contributed by atoms with Crippen LogP contribution in [0.25, 0.3) is 22.2 Å². The van der Waals surface area contributed by atoms with E-state index in [-0.39, 0.29) is 10.5 Å². The first-order valence-corrected chi connectivity index (χ1v) is 10.9. The normalized spacial score (nSPS) is 16.1. The minimum Gasteiger partial charge on any atom is -0.354 e. The molecule has 4 rings (SSSR count). The van der Waals surface area contributed by atoms with Gasteiger partial charge in [0.25, 0.3) is 0 Å². The summed E-state index contributed by atoms with van der Waals surface area (Å²) in [6, 6.07) is 8.97. The number of nitrogens with one attached hydrogen (secondary N) is 1. The van der Waals surface area contributed by atoms with Crippen LogP contribution in [0.15, 0.2) is 47.4 Å². The molecular formula is C21H19F3N2O3S. The van der Waals surface area contributed by atoms with Gasteiger partial charge in [-0.15, -0.1) is 0 Å². The molecule has 30 heavy (non-hydrogen) atoms. The summed E-state index contributed by atoms with van der Waals surface area (Å²) in [6.45, 7) is 0.926. The third-order valence-corrected chi connectivity index (χ3v) is 7.28. The monoisotopic (exact) mass is 436 g/mol. The molecule has 0 bridgehead atoms. The molecule has 1 fully saturated rings. The van der Waals surface area contributed by atoms with Crippen LogP contribution in [0.5, 0.6) is 0 Å². The van der Waals surface area contributed by atoms with Gasteiger partial charge in [-0.1, -0.05) is 18.6 Å². The molecule has 2 heterocycles. The summed E-state index contributed by atoms with van der Waals surface area (Å²) in [7, 11) is -3.68. The second-order valence-electron chi connectivity index (χ2n) is 7.28. The molecule has 1 saturated heterocycles. The van der Waals surface area contributed by atoms with E-state index in [1.165, 1.54) is 28.6 Å². The highest BCUT2D eigenvalue weighted by molar-refractivity contribution is 7.89. The number of carbonyl (C=O) groups excluding carboxylic acids is 1. The number of H-pyrrole nitrogens is 1. The van der Waals surface area contributed by atoms with Gasteiger partial charge in [0.05, 0.1) is 16.2 Å². The lowest BCUT2D eigenvalue weighted by molar-refractivity contribution is -0.137. The zero-order chi connectivity index (χ0) is 21.5. The Bertz CT molecular complexity index is 1190. The molecule has 0 atom stereocenters. The lowest BCUT2D eigenvalue weighted by Gasteiger charge is -2.25. The lowest BCUT2D eigenvalue weighted by atomic mass is 10.0. The standard InChI is InChI=1S/C21H19F3N2O3S/c22-21(23,24)15-6-4-14(5-7-15)20-18(13-27)17-12-16(8-9-19(17)25-20)30(28,29)26-10-2-1-3-11-26/h4-9,12-13,25H,1-3,10-11H2. The number of carbonyl (C=O) groups is 1. The van der Waals surface area contributed by atoms with Crippen LogP contribution in [0.4, 0.5) is 13.2 Å². The maximum atomic E-state index is 13.0. The van der Waals surface area contributed by atoms with Crippen LogP contribution in [-0.4, -0.2) is 37.1 Å². The molecule has 9 heteroatoms. The van der Waals surface area contributed by atoms with Crippen molar-refractivity contribution in [2.24, 2.45) is 0 Å². The number of nitrogens with zero attached hydrogens (tertiary/aromatic N) is 1. The molecule has 1 N–H and O–H groups in total. The number of rotatable bonds is 4. The van der Waals surface area contributed by atoms with Crippen molar-refractivity contribution in [3.05, 3.63) is 53.6 Å². The van der Waals surface area contributed by atoms with E-state index in [1.807, 2.05) is 0 Å². The van der Waals surface area contributed by atoms with Crippen LogP contribution >= 0.6 is 0 Å². The van der Waals surface area contributed by atoms with Crippen molar-refractivity contribution < 1.29 is 26.4 Å². The van der Waals surface area contributed by atoms with Crippen LogP contribution in [0.3, 0.4) is 0 Å². The Kier molecular flexibility index (Phi) is 5.19. The van der Waals surface area contributed by atoms with Crippen molar-refractivity contribution in [3.8, 4) is 11.3 Å². The Morgan fingerprint density at radius 2 is 1.63 bits per heavy atom. The summed E-state index contributed by atoms with van der Waals surface area (Å²) in [5, 5.41) is 0.415. The summed E-state index contributed by atoms with van der Waals surface area (Å²) < 4.78 is 65.8. The average molecular weight is 436 g/mol. The van der Waals surface area contributed by atoms with Gasteiger partial charge in [0, 0.05) is 29.6 Å². The largest absolute Gasteiger partial charge is 0.416 e. The quantitative estimate of drug-likeness (QED) is 0.595. The summed E-state index contributed by atoms with van der Waals surface area (Å²) in [5.41, 5.74) is 0.706. The van der Waals surface area contributed by atoms with Gasteiger partial charge in [-0.3, -0.25) is 4.79 Å². The molecule has 0 saturated carbocycles. The van der Waals surface area contributed by atoms with E-state index in [4.69, 9.17) is 0 Å². The zero-order valence-corrected chi connectivity index (χ0v) is 16.7. The number of aromatic nitrogens is 1. The molecule has 1 aliphatic heterocycles. The Labute approximate surface area is 171 Å². The van der Waals surface area contributed by atoms with Gasteiger partial charge in [0.2, 0.25) is 10.0 Å². The summed E-state index contributed by atoms with van der Waals surface area (Å²) >= 11 is 0. The van der Waals surface area contributed by atoms with Gasteiger partial charge in [0.1, 0.15) is 0 Å². The van der Waals surface area contributed by atoms with Crippen molar-refractivity contribution in [1.29, 1.82) is 0 Å². The molecule has 2 aromatic carbocycles. The molecule has 158 valence electrons. The molecule has 0 spiro atoms. The Morgan fingerprint density at radius 1 is 0.967 bits per heavy atom.